The fraction of sp³-hybridized carbons (Fsp3) is 0. The molecule has 0 aliphatic rings. The van der Waals surface area contributed by atoms with Crippen LogP contribution >= 0.6 is 24.0 Å². The summed E-state index contributed by atoms with van der Waals surface area (Å²) >= 11 is 6.94. The molecule has 10 rings (SSSR count). The van der Waals surface area contributed by atoms with Crippen LogP contribution in [0.4, 0.5) is 0 Å². The molecule has 0 bridgehead atoms. The van der Waals surface area contributed by atoms with Gasteiger partial charge in [-0.15, -0.1) is 24.0 Å². The van der Waals surface area contributed by atoms with Gasteiger partial charge in [0.05, 0.1) is 27.1 Å². The Labute approximate surface area is 310 Å². The highest BCUT2D eigenvalue weighted by Crippen LogP contribution is 2.43. The second kappa shape index (κ2) is 12.6. The Morgan fingerprint density at radius 3 is 1.87 bits per heavy atom. The van der Waals surface area contributed by atoms with E-state index in [0.29, 0.717) is 0 Å². The maximum absolute atomic E-state index is 5.34. The highest BCUT2D eigenvalue weighted by atomic mass is 32.1. The minimum absolute atomic E-state index is 0.733. The lowest BCUT2D eigenvalue weighted by molar-refractivity contribution is 1.24. The van der Waals surface area contributed by atoms with Crippen LogP contribution < -0.4 is 0 Å². The van der Waals surface area contributed by atoms with E-state index in [1.807, 2.05) is 24.3 Å². The Morgan fingerprint density at radius 2 is 1.06 bits per heavy atom. The van der Waals surface area contributed by atoms with Gasteiger partial charge in [-0.25, -0.2) is 15.0 Å². The molecule has 0 fully saturated rings. The molecule has 3 nitrogen and oxygen atoms in total. The first kappa shape index (κ1) is 30.7. The molecule has 0 unspecified atom stereocenters. The third-order valence-corrected chi connectivity index (χ3v) is 11.4. The van der Waals surface area contributed by atoms with Crippen LogP contribution in [0, 0.1) is 0 Å². The summed E-state index contributed by atoms with van der Waals surface area (Å²) in [5.41, 5.74) is 11.3. The maximum Gasteiger partial charge on any atom is 0.160 e. The lowest BCUT2D eigenvalue weighted by Gasteiger charge is -2.16. The number of rotatable bonds is 5. The Bertz CT molecular complexity index is 2950. The van der Waals surface area contributed by atoms with Gasteiger partial charge in [0, 0.05) is 48.0 Å². The number of benzene rings is 7. The van der Waals surface area contributed by atoms with E-state index in [4.69, 9.17) is 27.6 Å². The summed E-state index contributed by atoms with van der Waals surface area (Å²) in [4.78, 5) is 16.4. The number of hydrogen-bond acceptors (Lipinski definition) is 5. The lowest BCUT2D eigenvalue weighted by atomic mass is 9.94. The molecule has 0 saturated heterocycles. The Kier molecular flexibility index (Phi) is 7.41. The van der Waals surface area contributed by atoms with Crippen molar-refractivity contribution in [2.45, 2.75) is 4.90 Å². The predicted octanol–water partition coefficient (Wildman–Crippen LogP) is 13.2. The Hall–Kier alpha value is -6.14. The summed E-state index contributed by atoms with van der Waals surface area (Å²) in [5, 5.41) is 4.55. The van der Waals surface area contributed by atoms with Crippen LogP contribution in [0.5, 0.6) is 0 Å². The van der Waals surface area contributed by atoms with Gasteiger partial charge < -0.3 is 0 Å². The summed E-state index contributed by atoms with van der Waals surface area (Å²) in [6.07, 6.45) is 0. The fourth-order valence-corrected chi connectivity index (χ4v) is 8.84. The predicted molar refractivity (Wildman–Crippen MR) is 222 cm³/mol. The third-order valence-electron chi connectivity index (χ3n) is 9.80. The van der Waals surface area contributed by atoms with Crippen molar-refractivity contribution < 1.29 is 0 Å². The number of thiol groups is 1. The second-order valence-electron chi connectivity index (χ2n) is 12.9. The SMILES string of the molecule is Sc1c(-c2cccc(-c3ccc(-c4nc(-c5ccccc5)nc5c4sc4ccccc45)cc3)c2)nc2c(ccc3ccccc32)c1-c1ccccc1. The standard InChI is InChI=1S/C47H29N3S2/c51-45-40(31-13-3-1-4-14-31)38-27-26-30-12-7-8-19-36(30)43(38)48-41(45)35-18-11-17-34(28-35)29-22-24-32(25-23-29)42-46-44(37-20-9-10-21-39(37)52-46)50-47(49-42)33-15-5-2-6-16-33/h1-28,51H. The summed E-state index contributed by atoms with van der Waals surface area (Å²) in [7, 11) is 0. The highest BCUT2D eigenvalue weighted by Gasteiger charge is 2.19. The first-order valence-electron chi connectivity index (χ1n) is 17.3. The molecule has 5 heteroatoms. The zero-order valence-electron chi connectivity index (χ0n) is 27.9. The molecule has 3 aromatic heterocycles. The number of nitrogens with zero attached hydrogens (tertiary/aromatic N) is 3. The third kappa shape index (κ3) is 5.17. The molecule has 7 aromatic carbocycles. The maximum atomic E-state index is 5.34. The molecule has 244 valence electrons. The van der Waals surface area contributed by atoms with Gasteiger partial charge in [-0.05, 0) is 34.2 Å². The Morgan fingerprint density at radius 1 is 0.404 bits per heavy atom. The number of pyridine rings is 1. The zero-order valence-corrected chi connectivity index (χ0v) is 29.6. The highest BCUT2D eigenvalue weighted by molar-refractivity contribution is 7.80. The van der Waals surface area contributed by atoms with Crippen molar-refractivity contribution >= 4 is 65.9 Å². The molecule has 0 aliphatic carbocycles. The quantitative estimate of drug-likeness (QED) is 0.144. The monoisotopic (exact) mass is 699 g/mol. The molecule has 10 aromatic rings. The summed E-state index contributed by atoms with van der Waals surface area (Å²) < 4.78 is 2.31. The molecule has 0 amide bonds. The van der Waals surface area contributed by atoms with E-state index in [-0.39, 0.29) is 0 Å². The molecule has 0 N–H and O–H groups in total. The average molecular weight is 700 g/mol. The van der Waals surface area contributed by atoms with E-state index >= 15 is 0 Å². The van der Waals surface area contributed by atoms with Crippen LogP contribution in [0.25, 0.3) is 98.1 Å². The summed E-state index contributed by atoms with van der Waals surface area (Å²) in [5.74, 6) is 0.733. The van der Waals surface area contributed by atoms with Crippen LogP contribution in [-0.2, 0) is 0 Å². The molecule has 0 spiro atoms. The number of hydrogen-bond donors (Lipinski definition) is 1. The van der Waals surface area contributed by atoms with E-state index in [1.54, 1.807) is 11.3 Å². The van der Waals surface area contributed by atoms with Crippen molar-refractivity contribution in [1.29, 1.82) is 0 Å². The second-order valence-corrected chi connectivity index (χ2v) is 14.4. The number of aromatic nitrogens is 3. The fourth-order valence-electron chi connectivity index (χ4n) is 7.26. The van der Waals surface area contributed by atoms with Gasteiger partial charge >= 0.3 is 0 Å². The normalized spacial score (nSPS) is 11.6. The van der Waals surface area contributed by atoms with E-state index in [9.17, 15) is 0 Å². The zero-order chi connectivity index (χ0) is 34.6. The molecular weight excluding hydrogens is 671 g/mol. The molecular formula is C47H29N3S2. The summed E-state index contributed by atoms with van der Waals surface area (Å²) in [6.45, 7) is 0. The van der Waals surface area contributed by atoms with Gasteiger partial charge in [0.25, 0.3) is 0 Å². The van der Waals surface area contributed by atoms with Crippen molar-refractivity contribution in [2.24, 2.45) is 0 Å². The van der Waals surface area contributed by atoms with Crippen molar-refractivity contribution in [3.8, 4) is 56.2 Å². The Balaban J connectivity index is 1.10. The van der Waals surface area contributed by atoms with Crippen LogP contribution in [0.15, 0.2) is 175 Å². The van der Waals surface area contributed by atoms with Gasteiger partial charge in [0.2, 0.25) is 0 Å². The smallest absolute Gasteiger partial charge is 0.160 e. The molecule has 0 saturated carbocycles. The van der Waals surface area contributed by atoms with Gasteiger partial charge in [0.1, 0.15) is 0 Å². The molecule has 0 aliphatic heterocycles. The molecule has 0 atom stereocenters. The van der Waals surface area contributed by atoms with Gasteiger partial charge in [-0.2, -0.15) is 0 Å². The topological polar surface area (TPSA) is 38.7 Å². The van der Waals surface area contributed by atoms with Crippen molar-refractivity contribution in [1.82, 2.24) is 15.0 Å². The minimum Gasteiger partial charge on any atom is -0.246 e. The first-order chi connectivity index (χ1) is 25.7. The van der Waals surface area contributed by atoms with Crippen LogP contribution in [0.1, 0.15) is 0 Å². The molecule has 3 heterocycles. The van der Waals surface area contributed by atoms with Crippen LogP contribution in [0.3, 0.4) is 0 Å². The summed E-state index contributed by atoms with van der Waals surface area (Å²) in [6, 6.07) is 59.4. The van der Waals surface area contributed by atoms with Crippen molar-refractivity contribution in [3.63, 3.8) is 0 Å². The average Bonchev–Trinajstić information content (AvgIpc) is 3.60. The van der Waals surface area contributed by atoms with E-state index in [1.165, 1.54) is 10.1 Å². The van der Waals surface area contributed by atoms with Crippen LogP contribution in [0.2, 0.25) is 0 Å². The van der Waals surface area contributed by atoms with E-state index in [2.05, 4.69) is 146 Å². The van der Waals surface area contributed by atoms with Crippen molar-refractivity contribution in [3.05, 3.63) is 170 Å². The lowest BCUT2D eigenvalue weighted by Crippen LogP contribution is -1.95. The minimum atomic E-state index is 0.733. The molecule has 0 radical (unpaired) electrons. The van der Waals surface area contributed by atoms with Crippen molar-refractivity contribution in [2.75, 3.05) is 0 Å². The van der Waals surface area contributed by atoms with Gasteiger partial charge in [-0.1, -0.05) is 158 Å². The van der Waals surface area contributed by atoms with Gasteiger partial charge in [-0.3, -0.25) is 0 Å². The van der Waals surface area contributed by atoms with Crippen LogP contribution in [-0.4, -0.2) is 15.0 Å². The van der Waals surface area contributed by atoms with E-state index < -0.39 is 0 Å². The number of thiophene rings is 1. The largest absolute Gasteiger partial charge is 0.246 e. The van der Waals surface area contributed by atoms with Gasteiger partial charge in [0.15, 0.2) is 5.82 Å². The molecule has 52 heavy (non-hydrogen) atoms. The van der Waals surface area contributed by atoms with E-state index in [0.717, 1.165) is 92.9 Å². The number of fused-ring (bicyclic) bond motifs is 6. The first-order valence-corrected chi connectivity index (χ1v) is 18.5.